The summed E-state index contributed by atoms with van der Waals surface area (Å²) >= 11 is 0. The molecular formula is C23H30N6O2. The van der Waals surface area contributed by atoms with Gasteiger partial charge < -0.3 is 19.4 Å². The van der Waals surface area contributed by atoms with E-state index in [-0.39, 0.29) is 5.91 Å². The first kappa shape index (κ1) is 21.3. The summed E-state index contributed by atoms with van der Waals surface area (Å²) in [5.74, 6) is 0.625. The number of hydrogen-bond acceptors (Lipinski definition) is 6. The van der Waals surface area contributed by atoms with Crippen molar-refractivity contribution in [3.8, 4) is 17.0 Å². The first-order chi connectivity index (χ1) is 15.2. The van der Waals surface area contributed by atoms with Gasteiger partial charge in [0, 0.05) is 63.4 Å². The molecular weight excluding hydrogens is 392 g/mol. The standard InChI is InChI=1S/C23H30N6O2/c1-3-10-27-13-15-28(16-14-27)11-8-25-23(30)20-17-29-12-9-24-21(22(29)26-20)18-4-6-19(31-2)7-5-18/h4-7,9,12,17H,3,8,10-11,13-16H2,1-2H3,(H,25,30). The molecule has 0 saturated carbocycles. The van der Waals surface area contributed by atoms with Gasteiger partial charge in [0.2, 0.25) is 0 Å². The summed E-state index contributed by atoms with van der Waals surface area (Å²) in [6.07, 6.45) is 6.48. The number of piperazine rings is 1. The average molecular weight is 423 g/mol. The molecule has 1 fully saturated rings. The van der Waals surface area contributed by atoms with Crippen LogP contribution in [0.1, 0.15) is 23.8 Å². The molecule has 1 saturated heterocycles. The van der Waals surface area contributed by atoms with Crippen LogP contribution in [0.15, 0.2) is 42.9 Å². The molecule has 3 aromatic rings. The number of rotatable bonds is 8. The maximum absolute atomic E-state index is 12.7. The smallest absolute Gasteiger partial charge is 0.271 e. The lowest BCUT2D eigenvalue weighted by Gasteiger charge is -2.34. The minimum Gasteiger partial charge on any atom is -0.497 e. The van der Waals surface area contributed by atoms with Gasteiger partial charge in [-0.3, -0.25) is 14.7 Å². The number of carbonyl (C=O) groups is 1. The first-order valence-electron chi connectivity index (χ1n) is 10.9. The molecule has 0 radical (unpaired) electrons. The number of methoxy groups -OCH3 is 1. The lowest BCUT2D eigenvalue weighted by Crippen LogP contribution is -2.48. The topological polar surface area (TPSA) is 75.0 Å². The van der Waals surface area contributed by atoms with E-state index in [0.29, 0.717) is 17.9 Å². The minimum atomic E-state index is -0.158. The SMILES string of the molecule is CCCN1CCN(CCNC(=O)c2cn3ccnc(-c4ccc(OC)cc4)c3n2)CC1. The van der Waals surface area contributed by atoms with Gasteiger partial charge >= 0.3 is 0 Å². The Labute approximate surface area is 182 Å². The number of ether oxygens (including phenoxy) is 1. The second kappa shape index (κ2) is 9.89. The molecule has 4 rings (SSSR count). The van der Waals surface area contributed by atoms with Crippen LogP contribution in [0.4, 0.5) is 0 Å². The Hall–Kier alpha value is -2.97. The predicted molar refractivity (Wildman–Crippen MR) is 120 cm³/mol. The van der Waals surface area contributed by atoms with Crippen molar-refractivity contribution in [2.45, 2.75) is 13.3 Å². The van der Waals surface area contributed by atoms with Crippen molar-refractivity contribution in [2.75, 3.05) is 52.9 Å². The summed E-state index contributed by atoms with van der Waals surface area (Å²) in [4.78, 5) is 26.6. The molecule has 1 N–H and O–H groups in total. The second-order valence-electron chi connectivity index (χ2n) is 7.80. The molecule has 1 aliphatic rings. The molecule has 0 spiro atoms. The van der Waals surface area contributed by atoms with Crippen LogP contribution < -0.4 is 10.1 Å². The third kappa shape index (κ3) is 5.03. The normalized spacial score (nSPS) is 15.3. The van der Waals surface area contributed by atoms with Gasteiger partial charge in [0.1, 0.15) is 17.1 Å². The zero-order valence-electron chi connectivity index (χ0n) is 18.3. The fourth-order valence-corrected chi connectivity index (χ4v) is 3.95. The molecule has 1 amide bonds. The van der Waals surface area contributed by atoms with Crippen molar-refractivity contribution in [3.63, 3.8) is 0 Å². The van der Waals surface area contributed by atoms with E-state index in [2.05, 4.69) is 32.0 Å². The fraction of sp³-hybridized carbons (Fsp3) is 0.435. The molecule has 0 bridgehead atoms. The monoisotopic (exact) mass is 422 g/mol. The van der Waals surface area contributed by atoms with Crippen molar-refractivity contribution < 1.29 is 9.53 Å². The Bertz CT molecular complexity index is 1010. The van der Waals surface area contributed by atoms with Gasteiger partial charge in [-0.15, -0.1) is 0 Å². The Kier molecular flexibility index (Phi) is 6.79. The van der Waals surface area contributed by atoms with Gasteiger partial charge in [0.05, 0.1) is 7.11 Å². The summed E-state index contributed by atoms with van der Waals surface area (Å²) in [7, 11) is 1.64. The third-order valence-corrected chi connectivity index (χ3v) is 5.69. The number of imidazole rings is 1. The van der Waals surface area contributed by atoms with Gasteiger partial charge in [-0.1, -0.05) is 6.92 Å². The molecule has 164 valence electrons. The molecule has 3 heterocycles. The number of benzene rings is 1. The quantitative estimate of drug-likeness (QED) is 0.600. The Morgan fingerprint density at radius 1 is 1.10 bits per heavy atom. The second-order valence-corrected chi connectivity index (χ2v) is 7.80. The summed E-state index contributed by atoms with van der Waals surface area (Å²) in [5, 5.41) is 3.01. The van der Waals surface area contributed by atoms with E-state index in [1.165, 1.54) is 13.0 Å². The van der Waals surface area contributed by atoms with Gasteiger partial charge in [-0.25, -0.2) is 4.98 Å². The van der Waals surface area contributed by atoms with Crippen LogP contribution in [0.2, 0.25) is 0 Å². The average Bonchev–Trinajstić information content (AvgIpc) is 3.25. The lowest BCUT2D eigenvalue weighted by molar-refractivity contribution is 0.0932. The number of aromatic nitrogens is 3. The summed E-state index contributed by atoms with van der Waals surface area (Å²) in [6, 6.07) is 7.66. The maximum Gasteiger partial charge on any atom is 0.271 e. The molecule has 1 aromatic carbocycles. The van der Waals surface area contributed by atoms with E-state index in [0.717, 1.165) is 49.7 Å². The van der Waals surface area contributed by atoms with Gasteiger partial charge in [0.25, 0.3) is 5.91 Å². The van der Waals surface area contributed by atoms with Crippen LogP contribution >= 0.6 is 0 Å². The predicted octanol–water partition coefficient (Wildman–Crippen LogP) is 2.16. The molecule has 8 nitrogen and oxygen atoms in total. The van der Waals surface area contributed by atoms with Crippen LogP contribution in [-0.2, 0) is 0 Å². The van der Waals surface area contributed by atoms with E-state index in [9.17, 15) is 4.79 Å². The molecule has 0 aliphatic carbocycles. The van der Waals surface area contributed by atoms with Crippen molar-refractivity contribution >= 4 is 11.6 Å². The van der Waals surface area contributed by atoms with E-state index in [4.69, 9.17) is 4.74 Å². The van der Waals surface area contributed by atoms with Gasteiger partial charge in [-0.2, -0.15) is 0 Å². The van der Waals surface area contributed by atoms with Crippen LogP contribution in [0, 0.1) is 0 Å². The van der Waals surface area contributed by atoms with Crippen LogP contribution in [-0.4, -0.2) is 83.0 Å². The Balaban J connectivity index is 1.37. The van der Waals surface area contributed by atoms with E-state index in [1.54, 1.807) is 19.5 Å². The molecule has 0 atom stereocenters. The third-order valence-electron chi connectivity index (χ3n) is 5.69. The van der Waals surface area contributed by atoms with E-state index < -0.39 is 0 Å². The summed E-state index contributed by atoms with van der Waals surface area (Å²) < 4.78 is 7.07. The largest absolute Gasteiger partial charge is 0.497 e. The highest BCUT2D eigenvalue weighted by molar-refractivity contribution is 5.93. The molecule has 2 aromatic heterocycles. The number of hydrogen-bond donors (Lipinski definition) is 1. The minimum absolute atomic E-state index is 0.158. The van der Waals surface area contributed by atoms with E-state index in [1.807, 2.05) is 34.9 Å². The molecule has 31 heavy (non-hydrogen) atoms. The van der Waals surface area contributed by atoms with Crippen molar-refractivity contribution in [2.24, 2.45) is 0 Å². The highest BCUT2D eigenvalue weighted by Crippen LogP contribution is 2.24. The van der Waals surface area contributed by atoms with Crippen LogP contribution in [0.25, 0.3) is 16.9 Å². The van der Waals surface area contributed by atoms with Crippen molar-refractivity contribution in [1.29, 1.82) is 0 Å². The van der Waals surface area contributed by atoms with Gasteiger partial charge in [-0.05, 0) is 37.2 Å². The van der Waals surface area contributed by atoms with Crippen LogP contribution in [0.3, 0.4) is 0 Å². The van der Waals surface area contributed by atoms with Crippen molar-refractivity contribution in [3.05, 3.63) is 48.5 Å². The Morgan fingerprint density at radius 3 is 2.48 bits per heavy atom. The number of fused-ring (bicyclic) bond motifs is 1. The van der Waals surface area contributed by atoms with Crippen molar-refractivity contribution in [1.82, 2.24) is 29.5 Å². The zero-order chi connectivity index (χ0) is 21.6. The number of amides is 1. The molecule has 0 unspecified atom stereocenters. The zero-order valence-corrected chi connectivity index (χ0v) is 18.3. The molecule has 1 aliphatic heterocycles. The Morgan fingerprint density at radius 2 is 1.81 bits per heavy atom. The lowest BCUT2D eigenvalue weighted by atomic mass is 10.1. The number of nitrogens with one attached hydrogen (secondary N) is 1. The van der Waals surface area contributed by atoms with E-state index >= 15 is 0 Å². The summed E-state index contributed by atoms with van der Waals surface area (Å²) in [5.41, 5.74) is 2.71. The first-order valence-corrected chi connectivity index (χ1v) is 10.9. The highest BCUT2D eigenvalue weighted by atomic mass is 16.5. The van der Waals surface area contributed by atoms with Crippen LogP contribution in [0.5, 0.6) is 5.75 Å². The number of nitrogens with zero attached hydrogens (tertiary/aromatic N) is 5. The fourth-order valence-electron chi connectivity index (χ4n) is 3.95. The number of carbonyl (C=O) groups excluding carboxylic acids is 1. The maximum atomic E-state index is 12.7. The highest BCUT2D eigenvalue weighted by Gasteiger charge is 2.17. The summed E-state index contributed by atoms with van der Waals surface area (Å²) in [6.45, 7) is 9.19. The van der Waals surface area contributed by atoms with Gasteiger partial charge in [0.15, 0.2) is 5.65 Å². The molecule has 8 heteroatoms.